The molecule has 2 fully saturated rings. The van der Waals surface area contributed by atoms with Crippen LogP contribution in [0.15, 0.2) is 48.5 Å². The van der Waals surface area contributed by atoms with Crippen LogP contribution in [0.2, 0.25) is 0 Å². The first kappa shape index (κ1) is 20.7. The minimum absolute atomic E-state index is 0.0263. The molecule has 1 saturated carbocycles. The minimum atomic E-state index is -0.232. The van der Waals surface area contributed by atoms with Gasteiger partial charge in [-0.05, 0) is 42.7 Å². The molecule has 1 aliphatic heterocycles. The smallest absolute Gasteiger partial charge is 0.258 e. The summed E-state index contributed by atoms with van der Waals surface area (Å²) >= 11 is 0. The zero-order chi connectivity index (χ0) is 21.6. The molecule has 0 aromatic heterocycles. The van der Waals surface area contributed by atoms with Crippen LogP contribution in [0.4, 0.5) is 11.4 Å². The Labute approximate surface area is 180 Å². The summed E-state index contributed by atoms with van der Waals surface area (Å²) in [5, 5.41) is 8.51. The van der Waals surface area contributed by atoms with Crippen molar-refractivity contribution < 1.29 is 19.1 Å². The fourth-order valence-electron chi connectivity index (χ4n) is 3.34. The second-order valence-electron chi connectivity index (χ2n) is 7.79. The number of hydrogen-bond donors (Lipinski definition) is 3. The van der Waals surface area contributed by atoms with Gasteiger partial charge in [-0.2, -0.15) is 0 Å². The molecule has 3 amide bonds. The third-order valence-corrected chi connectivity index (χ3v) is 5.25. The molecule has 31 heavy (non-hydrogen) atoms. The van der Waals surface area contributed by atoms with Gasteiger partial charge in [-0.1, -0.05) is 18.2 Å². The highest BCUT2D eigenvalue weighted by Crippen LogP contribution is 2.30. The summed E-state index contributed by atoms with van der Waals surface area (Å²) in [6.45, 7) is 2.07. The molecule has 2 aromatic carbocycles. The molecular formula is C23H26N4O4. The second kappa shape index (κ2) is 9.51. The van der Waals surface area contributed by atoms with Crippen molar-refractivity contribution >= 4 is 29.1 Å². The fourth-order valence-corrected chi connectivity index (χ4v) is 3.34. The fraction of sp³-hybridized carbons (Fsp3) is 0.348. The summed E-state index contributed by atoms with van der Waals surface area (Å²) < 4.78 is 5.56. The van der Waals surface area contributed by atoms with Crippen molar-refractivity contribution in [1.82, 2.24) is 10.6 Å². The quantitative estimate of drug-likeness (QED) is 0.601. The number of nitrogens with one attached hydrogen (secondary N) is 3. The summed E-state index contributed by atoms with van der Waals surface area (Å²) in [7, 11) is 0. The number of ether oxygens (including phenoxy) is 1. The Balaban J connectivity index is 1.21. The van der Waals surface area contributed by atoms with Gasteiger partial charge in [0.2, 0.25) is 11.8 Å². The Morgan fingerprint density at radius 3 is 2.68 bits per heavy atom. The van der Waals surface area contributed by atoms with E-state index in [4.69, 9.17) is 4.74 Å². The van der Waals surface area contributed by atoms with Crippen molar-refractivity contribution in [3.05, 3.63) is 54.1 Å². The third-order valence-electron chi connectivity index (χ3n) is 5.25. The molecule has 0 unspecified atom stereocenters. The maximum absolute atomic E-state index is 12.1. The van der Waals surface area contributed by atoms with Gasteiger partial charge >= 0.3 is 0 Å². The van der Waals surface area contributed by atoms with E-state index in [-0.39, 0.29) is 30.2 Å². The molecular weight excluding hydrogens is 396 g/mol. The van der Waals surface area contributed by atoms with Crippen molar-refractivity contribution in [2.45, 2.75) is 19.4 Å². The van der Waals surface area contributed by atoms with Crippen molar-refractivity contribution in [2.75, 3.05) is 36.5 Å². The summed E-state index contributed by atoms with van der Waals surface area (Å²) in [5.74, 6) is 0.481. The van der Waals surface area contributed by atoms with E-state index in [0.717, 1.165) is 30.6 Å². The molecule has 0 radical (unpaired) electrons. The van der Waals surface area contributed by atoms with Crippen LogP contribution in [0, 0.1) is 5.92 Å². The van der Waals surface area contributed by atoms with Crippen molar-refractivity contribution in [1.29, 1.82) is 0 Å². The Morgan fingerprint density at radius 2 is 1.94 bits per heavy atom. The molecule has 162 valence electrons. The number of piperazine rings is 1. The first-order chi connectivity index (χ1) is 15.1. The van der Waals surface area contributed by atoms with Crippen LogP contribution < -0.4 is 25.6 Å². The van der Waals surface area contributed by atoms with E-state index < -0.39 is 0 Å². The zero-order valence-corrected chi connectivity index (χ0v) is 17.2. The van der Waals surface area contributed by atoms with Crippen molar-refractivity contribution in [2.24, 2.45) is 5.92 Å². The summed E-state index contributed by atoms with van der Waals surface area (Å²) in [6.07, 6.45) is 1.89. The first-order valence-corrected chi connectivity index (χ1v) is 10.5. The average molecular weight is 422 g/mol. The average Bonchev–Trinajstić information content (AvgIpc) is 3.63. The highest BCUT2D eigenvalue weighted by Gasteiger charge is 2.29. The van der Waals surface area contributed by atoms with Gasteiger partial charge in [-0.25, -0.2) is 0 Å². The maximum Gasteiger partial charge on any atom is 0.258 e. The van der Waals surface area contributed by atoms with Crippen LogP contribution >= 0.6 is 0 Å². The standard InChI is InChI=1S/C23H26N4O4/c28-21-14-27(11-10-24-21)19-8-4-16(5-9-19)13-25-22(29)15-31-20-3-1-2-18(12-20)26-23(30)17-6-7-17/h1-5,8-9,12,17H,6-7,10-11,13-15H2,(H,24,28)(H,25,29)(H,26,30). The normalized spacial score (nSPS) is 15.7. The molecule has 0 atom stereocenters. The van der Waals surface area contributed by atoms with Crippen LogP contribution in [-0.2, 0) is 20.9 Å². The molecule has 2 aromatic rings. The zero-order valence-electron chi connectivity index (χ0n) is 17.2. The van der Waals surface area contributed by atoms with E-state index in [2.05, 4.69) is 16.0 Å². The number of anilines is 2. The SMILES string of the molecule is O=C(COc1cccc(NC(=O)C2CC2)c1)NCc1ccc(N2CCNC(=O)C2)cc1. The van der Waals surface area contributed by atoms with Gasteiger partial charge in [-0.15, -0.1) is 0 Å². The maximum atomic E-state index is 12.1. The van der Waals surface area contributed by atoms with Crippen LogP contribution in [0.1, 0.15) is 18.4 Å². The van der Waals surface area contributed by atoms with Crippen LogP contribution in [0.3, 0.4) is 0 Å². The van der Waals surface area contributed by atoms with Gasteiger partial charge in [0.15, 0.2) is 6.61 Å². The van der Waals surface area contributed by atoms with E-state index in [1.807, 2.05) is 29.2 Å². The van der Waals surface area contributed by atoms with E-state index in [0.29, 0.717) is 31.1 Å². The molecule has 8 heteroatoms. The van der Waals surface area contributed by atoms with Gasteiger partial charge in [-0.3, -0.25) is 14.4 Å². The highest BCUT2D eigenvalue weighted by molar-refractivity contribution is 5.94. The number of benzene rings is 2. The van der Waals surface area contributed by atoms with Crippen LogP contribution in [0.5, 0.6) is 5.75 Å². The molecule has 8 nitrogen and oxygen atoms in total. The Bertz CT molecular complexity index is 956. The molecule has 0 spiro atoms. The molecule has 2 aliphatic rings. The summed E-state index contributed by atoms with van der Waals surface area (Å²) in [6, 6.07) is 14.8. The van der Waals surface area contributed by atoms with Crippen molar-refractivity contribution in [3.63, 3.8) is 0 Å². The molecule has 3 N–H and O–H groups in total. The number of carbonyl (C=O) groups excluding carboxylic acids is 3. The van der Waals surface area contributed by atoms with E-state index in [9.17, 15) is 14.4 Å². The van der Waals surface area contributed by atoms with Gasteiger partial charge in [0, 0.05) is 43.0 Å². The lowest BCUT2D eigenvalue weighted by molar-refractivity contribution is -0.123. The second-order valence-corrected chi connectivity index (χ2v) is 7.79. The van der Waals surface area contributed by atoms with Crippen molar-refractivity contribution in [3.8, 4) is 5.75 Å². The van der Waals surface area contributed by atoms with E-state index >= 15 is 0 Å². The van der Waals surface area contributed by atoms with E-state index in [1.165, 1.54) is 0 Å². The lowest BCUT2D eigenvalue weighted by Gasteiger charge is -2.28. The number of nitrogens with zero attached hydrogens (tertiary/aromatic N) is 1. The summed E-state index contributed by atoms with van der Waals surface area (Å²) in [5.41, 5.74) is 2.62. The largest absolute Gasteiger partial charge is 0.484 e. The van der Waals surface area contributed by atoms with Gasteiger partial charge in [0.25, 0.3) is 5.91 Å². The highest BCUT2D eigenvalue weighted by atomic mass is 16.5. The number of rotatable bonds is 8. The number of hydrogen-bond acceptors (Lipinski definition) is 5. The lowest BCUT2D eigenvalue weighted by Crippen LogP contribution is -2.47. The topological polar surface area (TPSA) is 99.8 Å². The van der Waals surface area contributed by atoms with Gasteiger partial charge < -0.3 is 25.6 Å². The first-order valence-electron chi connectivity index (χ1n) is 10.5. The predicted octanol–water partition coefficient (Wildman–Crippen LogP) is 1.67. The molecule has 1 saturated heterocycles. The molecule has 4 rings (SSSR count). The van der Waals surface area contributed by atoms with Gasteiger partial charge in [0.1, 0.15) is 5.75 Å². The van der Waals surface area contributed by atoms with Crippen LogP contribution in [0.25, 0.3) is 0 Å². The predicted molar refractivity (Wildman–Crippen MR) is 117 cm³/mol. The monoisotopic (exact) mass is 422 g/mol. The lowest BCUT2D eigenvalue weighted by atomic mass is 10.2. The van der Waals surface area contributed by atoms with Gasteiger partial charge in [0.05, 0.1) is 6.54 Å². The van der Waals surface area contributed by atoms with Crippen LogP contribution in [-0.4, -0.2) is 44.0 Å². The number of amides is 3. The summed E-state index contributed by atoms with van der Waals surface area (Å²) in [4.78, 5) is 37.5. The molecule has 1 aliphatic carbocycles. The molecule has 0 bridgehead atoms. The third kappa shape index (κ3) is 5.97. The number of carbonyl (C=O) groups is 3. The minimum Gasteiger partial charge on any atom is -0.484 e. The Morgan fingerprint density at radius 1 is 1.13 bits per heavy atom. The molecule has 1 heterocycles. The Kier molecular flexibility index (Phi) is 6.35. The van der Waals surface area contributed by atoms with E-state index in [1.54, 1.807) is 24.3 Å². The Hall–Kier alpha value is -3.55.